The van der Waals surface area contributed by atoms with Gasteiger partial charge in [0.1, 0.15) is 5.52 Å². The number of halogens is 2. The van der Waals surface area contributed by atoms with E-state index >= 15 is 0 Å². The zero-order valence-electron chi connectivity index (χ0n) is 10.2. The Hall–Kier alpha value is -1.63. The van der Waals surface area contributed by atoms with E-state index in [4.69, 9.17) is 23.2 Å². The van der Waals surface area contributed by atoms with Crippen LogP contribution in [-0.4, -0.2) is 20.4 Å². The van der Waals surface area contributed by atoms with Crippen LogP contribution in [0.5, 0.6) is 0 Å². The van der Waals surface area contributed by atoms with Crippen LogP contribution in [0.4, 0.5) is 5.13 Å². The van der Waals surface area contributed by atoms with Crippen molar-refractivity contribution < 1.29 is 4.79 Å². The summed E-state index contributed by atoms with van der Waals surface area (Å²) in [5.41, 5.74) is 0.583. The molecule has 5 nitrogen and oxygen atoms in total. The van der Waals surface area contributed by atoms with Gasteiger partial charge in [0, 0.05) is 19.4 Å². The second kappa shape index (κ2) is 5.05. The van der Waals surface area contributed by atoms with Crippen LogP contribution in [0, 0.1) is 0 Å². The number of hydrogen-bond donors (Lipinski definition) is 1. The van der Waals surface area contributed by atoms with Gasteiger partial charge in [-0.2, -0.15) is 0 Å². The Labute approximate surface area is 128 Å². The van der Waals surface area contributed by atoms with Crippen LogP contribution in [0.3, 0.4) is 0 Å². The van der Waals surface area contributed by atoms with Gasteiger partial charge in [0.2, 0.25) is 0 Å². The average Bonchev–Trinajstić information content (AvgIpc) is 3.00. The van der Waals surface area contributed by atoms with Gasteiger partial charge in [0.05, 0.1) is 14.7 Å². The van der Waals surface area contributed by atoms with Crippen molar-refractivity contribution in [1.29, 1.82) is 0 Å². The first-order valence-electron chi connectivity index (χ1n) is 5.59. The van der Waals surface area contributed by atoms with Crippen molar-refractivity contribution in [1.82, 2.24) is 14.5 Å². The minimum absolute atomic E-state index is 0.313. The summed E-state index contributed by atoms with van der Waals surface area (Å²) in [7, 11) is 1.75. The molecule has 0 atom stereocenters. The van der Waals surface area contributed by atoms with Gasteiger partial charge >= 0.3 is 0 Å². The fraction of sp³-hybridized carbons (Fsp3) is 0.0833. The van der Waals surface area contributed by atoms with Gasteiger partial charge in [-0.25, -0.2) is 9.97 Å². The van der Waals surface area contributed by atoms with Crippen LogP contribution in [0.15, 0.2) is 24.5 Å². The number of rotatable bonds is 2. The van der Waals surface area contributed by atoms with Crippen LogP contribution in [-0.2, 0) is 7.05 Å². The predicted molar refractivity (Wildman–Crippen MR) is 80.8 cm³/mol. The van der Waals surface area contributed by atoms with E-state index in [0.717, 1.165) is 4.70 Å². The van der Waals surface area contributed by atoms with Gasteiger partial charge in [-0.3, -0.25) is 10.1 Å². The largest absolute Gasteiger partial charge is 0.330 e. The summed E-state index contributed by atoms with van der Waals surface area (Å²) >= 11 is 13.3. The van der Waals surface area contributed by atoms with E-state index in [-0.39, 0.29) is 5.91 Å². The number of carbonyl (C=O) groups excluding carboxylic acids is 1. The van der Waals surface area contributed by atoms with Crippen molar-refractivity contribution in [2.75, 3.05) is 5.32 Å². The molecule has 3 aromatic rings. The summed E-state index contributed by atoms with van der Waals surface area (Å²) in [5.74, 6) is -0.00726. The molecule has 1 N–H and O–H groups in total. The van der Waals surface area contributed by atoms with Gasteiger partial charge in [-0.1, -0.05) is 34.5 Å². The van der Waals surface area contributed by atoms with Gasteiger partial charge in [0.25, 0.3) is 5.91 Å². The standard InChI is InChI=1S/C12H8Cl2N4OS/c1-18-5-4-15-10(18)11(19)17-12-16-9-7(20-12)3-2-6(13)8(9)14/h2-5H,1H3,(H,16,17,19). The number of aromatic nitrogens is 3. The monoisotopic (exact) mass is 326 g/mol. The molecule has 2 heterocycles. The van der Waals surface area contributed by atoms with Gasteiger partial charge in [0.15, 0.2) is 11.0 Å². The van der Waals surface area contributed by atoms with E-state index in [2.05, 4.69) is 15.3 Å². The summed E-state index contributed by atoms with van der Waals surface area (Å²) in [6, 6.07) is 3.52. The maximum Gasteiger partial charge on any atom is 0.293 e. The van der Waals surface area contributed by atoms with Crippen molar-refractivity contribution in [3.8, 4) is 0 Å². The van der Waals surface area contributed by atoms with E-state index in [1.54, 1.807) is 30.1 Å². The normalized spacial score (nSPS) is 10.9. The highest BCUT2D eigenvalue weighted by Crippen LogP contribution is 2.35. The number of thiazole rings is 1. The zero-order chi connectivity index (χ0) is 14.3. The Balaban J connectivity index is 1.94. The van der Waals surface area contributed by atoms with Crippen LogP contribution in [0.2, 0.25) is 10.0 Å². The molecule has 0 radical (unpaired) electrons. The lowest BCUT2D eigenvalue weighted by Gasteiger charge is -2.00. The van der Waals surface area contributed by atoms with Crippen LogP contribution < -0.4 is 5.32 Å². The Morgan fingerprint density at radius 1 is 1.40 bits per heavy atom. The number of amides is 1. The third kappa shape index (κ3) is 2.26. The first-order valence-corrected chi connectivity index (χ1v) is 7.16. The Kier molecular flexibility index (Phi) is 3.37. The van der Waals surface area contributed by atoms with Gasteiger partial charge < -0.3 is 4.57 Å². The molecule has 0 unspecified atom stereocenters. The Morgan fingerprint density at radius 3 is 2.90 bits per heavy atom. The van der Waals surface area contributed by atoms with Crippen molar-refractivity contribution >= 4 is 55.8 Å². The predicted octanol–water partition coefficient (Wildman–Crippen LogP) is 3.59. The first kappa shape index (κ1) is 13.4. The molecule has 1 amide bonds. The quantitative estimate of drug-likeness (QED) is 0.782. The lowest BCUT2D eigenvalue weighted by Crippen LogP contribution is -2.16. The summed E-state index contributed by atoms with van der Waals surface area (Å²) in [5, 5.41) is 3.98. The zero-order valence-corrected chi connectivity index (χ0v) is 12.6. The maximum absolute atomic E-state index is 12.0. The lowest BCUT2D eigenvalue weighted by molar-refractivity contribution is 0.101. The van der Waals surface area contributed by atoms with Crippen molar-refractivity contribution in [3.05, 3.63) is 40.4 Å². The van der Waals surface area contributed by atoms with E-state index in [0.29, 0.717) is 26.5 Å². The third-order valence-electron chi connectivity index (χ3n) is 2.70. The number of aryl methyl sites for hydroxylation is 1. The molecule has 0 bridgehead atoms. The van der Waals surface area contributed by atoms with E-state index in [9.17, 15) is 4.79 Å². The van der Waals surface area contributed by atoms with Gasteiger partial charge in [-0.15, -0.1) is 0 Å². The molecule has 3 rings (SSSR count). The highest BCUT2D eigenvalue weighted by Gasteiger charge is 2.15. The molecule has 0 aliphatic heterocycles. The SMILES string of the molecule is Cn1ccnc1C(=O)Nc1nc2c(Cl)c(Cl)ccc2s1. The van der Waals surface area contributed by atoms with Crippen LogP contribution in [0.25, 0.3) is 10.2 Å². The number of nitrogens with zero attached hydrogens (tertiary/aromatic N) is 3. The number of benzene rings is 1. The molecule has 0 fully saturated rings. The highest BCUT2D eigenvalue weighted by molar-refractivity contribution is 7.22. The molecule has 0 saturated heterocycles. The molecular formula is C12H8Cl2N4OS. The molecule has 20 heavy (non-hydrogen) atoms. The van der Waals surface area contributed by atoms with E-state index in [1.165, 1.54) is 11.3 Å². The number of carbonyl (C=O) groups is 1. The minimum atomic E-state index is -0.321. The number of hydrogen-bond acceptors (Lipinski definition) is 4. The molecule has 0 aliphatic carbocycles. The van der Waals surface area contributed by atoms with Crippen molar-refractivity contribution in [2.45, 2.75) is 0 Å². The first-order chi connectivity index (χ1) is 9.56. The second-order valence-corrected chi connectivity index (χ2v) is 5.86. The summed E-state index contributed by atoms with van der Waals surface area (Å²) in [6.45, 7) is 0. The van der Waals surface area contributed by atoms with Crippen LogP contribution in [0.1, 0.15) is 10.6 Å². The Bertz CT molecular complexity index is 811. The molecule has 0 aliphatic rings. The lowest BCUT2D eigenvalue weighted by atomic mass is 10.3. The molecule has 0 spiro atoms. The highest BCUT2D eigenvalue weighted by atomic mass is 35.5. The number of anilines is 1. The summed E-state index contributed by atoms with van der Waals surface area (Å²) < 4.78 is 2.49. The van der Waals surface area contributed by atoms with E-state index < -0.39 is 0 Å². The maximum atomic E-state index is 12.0. The summed E-state index contributed by atoms with van der Waals surface area (Å²) in [6.07, 6.45) is 3.26. The number of fused-ring (bicyclic) bond motifs is 1. The fourth-order valence-electron chi connectivity index (χ4n) is 1.73. The third-order valence-corrected chi connectivity index (χ3v) is 4.43. The number of imidazole rings is 1. The summed E-state index contributed by atoms with van der Waals surface area (Å²) in [4.78, 5) is 20.3. The fourth-order valence-corrected chi connectivity index (χ4v) is 3.01. The average molecular weight is 327 g/mol. The van der Waals surface area contributed by atoms with Crippen molar-refractivity contribution in [2.24, 2.45) is 7.05 Å². The molecule has 0 saturated carbocycles. The van der Waals surface area contributed by atoms with Crippen LogP contribution >= 0.6 is 34.5 Å². The smallest absolute Gasteiger partial charge is 0.293 e. The molecule has 1 aromatic carbocycles. The van der Waals surface area contributed by atoms with Gasteiger partial charge in [-0.05, 0) is 12.1 Å². The number of nitrogens with one attached hydrogen (secondary N) is 1. The second-order valence-electron chi connectivity index (χ2n) is 4.04. The topological polar surface area (TPSA) is 59.8 Å². The Morgan fingerprint density at radius 2 is 2.20 bits per heavy atom. The molecule has 102 valence electrons. The van der Waals surface area contributed by atoms with E-state index in [1.807, 2.05) is 6.07 Å². The van der Waals surface area contributed by atoms with Crippen molar-refractivity contribution in [3.63, 3.8) is 0 Å². The minimum Gasteiger partial charge on any atom is -0.330 e. The molecule has 2 aromatic heterocycles. The molecule has 8 heteroatoms. The molecular weight excluding hydrogens is 319 g/mol.